The molecule has 3 rings (SSSR count). The van der Waals surface area contributed by atoms with Gasteiger partial charge in [0.1, 0.15) is 5.82 Å². The highest BCUT2D eigenvalue weighted by Crippen LogP contribution is 2.23. The Bertz CT molecular complexity index is 831. The second-order valence-corrected chi connectivity index (χ2v) is 6.67. The molecule has 0 atom stereocenters. The number of halogens is 1. The van der Waals surface area contributed by atoms with Gasteiger partial charge in [-0.3, -0.25) is 4.98 Å². The van der Waals surface area contributed by atoms with Crippen LogP contribution in [0.25, 0.3) is 5.70 Å². The van der Waals surface area contributed by atoms with Crippen LogP contribution in [0.4, 0.5) is 4.39 Å². The van der Waals surface area contributed by atoms with E-state index in [1.165, 1.54) is 12.1 Å². The number of hydrogen-bond acceptors (Lipinski definition) is 3. The number of morpholine rings is 1. The van der Waals surface area contributed by atoms with Gasteiger partial charge in [0.05, 0.1) is 23.6 Å². The third kappa shape index (κ3) is 4.46. The lowest BCUT2D eigenvalue weighted by Gasteiger charge is -2.40. The summed E-state index contributed by atoms with van der Waals surface area (Å²) in [5.74, 6) is 5.66. The molecule has 1 aliphatic heterocycles. The molecule has 0 radical (unpaired) electrons. The number of aromatic nitrogens is 1. The Balaban J connectivity index is 1.71. The van der Waals surface area contributed by atoms with E-state index in [4.69, 9.17) is 4.74 Å². The van der Waals surface area contributed by atoms with Crippen LogP contribution in [0.2, 0.25) is 0 Å². The van der Waals surface area contributed by atoms with Gasteiger partial charge in [-0.15, -0.1) is 0 Å². The molecule has 1 fully saturated rings. The maximum Gasteiger partial charge on any atom is 0.124 e. The average Bonchev–Trinajstić information content (AvgIpc) is 2.59. The first-order valence-electron chi connectivity index (χ1n) is 8.25. The fourth-order valence-corrected chi connectivity index (χ4v) is 2.76. The largest absolute Gasteiger partial charge is 0.372 e. The summed E-state index contributed by atoms with van der Waals surface area (Å²) in [6.07, 6.45) is 1.72. The molecule has 2 heterocycles. The van der Waals surface area contributed by atoms with Crippen LogP contribution in [0.5, 0.6) is 0 Å². The van der Waals surface area contributed by atoms with Gasteiger partial charge in [-0.05, 0) is 44.2 Å². The van der Waals surface area contributed by atoms with Crippen LogP contribution in [-0.4, -0.2) is 35.2 Å². The van der Waals surface area contributed by atoms with E-state index < -0.39 is 0 Å². The van der Waals surface area contributed by atoms with Crippen LogP contribution in [0.1, 0.15) is 30.7 Å². The molecule has 0 saturated carbocycles. The van der Waals surface area contributed by atoms with Crippen molar-refractivity contribution in [1.82, 2.24) is 9.88 Å². The summed E-state index contributed by atoms with van der Waals surface area (Å²) in [5, 5.41) is 0. The van der Waals surface area contributed by atoms with E-state index in [0.29, 0.717) is 12.2 Å². The van der Waals surface area contributed by atoms with E-state index in [-0.39, 0.29) is 11.4 Å². The van der Waals surface area contributed by atoms with Crippen molar-refractivity contribution >= 4 is 5.70 Å². The first-order valence-corrected chi connectivity index (χ1v) is 8.25. The van der Waals surface area contributed by atoms with E-state index in [2.05, 4.69) is 42.2 Å². The fraction of sp³-hybridized carbons (Fsp3) is 0.286. The fourth-order valence-electron chi connectivity index (χ4n) is 2.76. The lowest BCUT2D eigenvalue weighted by molar-refractivity contribution is -0.0703. The molecule has 1 aromatic heterocycles. The van der Waals surface area contributed by atoms with Crippen molar-refractivity contribution in [3.8, 4) is 11.8 Å². The van der Waals surface area contributed by atoms with Gasteiger partial charge < -0.3 is 9.64 Å². The molecule has 1 saturated heterocycles. The molecule has 2 aromatic rings. The van der Waals surface area contributed by atoms with E-state index in [9.17, 15) is 4.39 Å². The van der Waals surface area contributed by atoms with Crippen molar-refractivity contribution in [1.29, 1.82) is 0 Å². The van der Waals surface area contributed by atoms with Crippen LogP contribution < -0.4 is 0 Å². The number of ether oxygens (including phenoxy) is 1. The van der Waals surface area contributed by atoms with Crippen LogP contribution in [-0.2, 0) is 4.74 Å². The summed E-state index contributed by atoms with van der Waals surface area (Å²) in [4.78, 5) is 6.67. The highest BCUT2D eigenvalue weighted by molar-refractivity contribution is 5.59. The predicted molar refractivity (Wildman–Crippen MR) is 97.3 cm³/mol. The molecule has 1 aliphatic rings. The summed E-state index contributed by atoms with van der Waals surface area (Å²) in [6, 6.07) is 10.1. The Hall–Kier alpha value is -2.64. The highest BCUT2D eigenvalue weighted by atomic mass is 19.1. The zero-order valence-electron chi connectivity index (χ0n) is 14.6. The third-order valence-corrected chi connectivity index (χ3v) is 4.04. The summed E-state index contributed by atoms with van der Waals surface area (Å²) in [7, 11) is 0. The lowest BCUT2D eigenvalue weighted by Crippen LogP contribution is -2.47. The van der Waals surface area contributed by atoms with Crippen LogP contribution in [0, 0.1) is 17.7 Å². The normalized spacial score (nSPS) is 16.0. The first kappa shape index (κ1) is 17.2. The Morgan fingerprint density at radius 2 is 2.04 bits per heavy atom. The van der Waals surface area contributed by atoms with Crippen molar-refractivity contribution in [2.45, 2.75) is 19.4 Å². The van der Waals surface area contributed by atoms with Crippen molar-refractivity contribution < 1.29 is 9.13 Å². The quantitative estimate of drug-likeness (QED) is 0.782. The molecule has 25 heavy (non-hydrogen) atoms. The standard InChI is InChI=1S/C21H21FN2O/c1-16(24-11-12-25-21(2,3)15-24)20-10-9-18(14-23-20)8-7-17-5-4-6-19(22)13-17/h4-6,9-10,13-14H,1,11-12,15H2,2-3H3. The molecule has 0 bridgehead atoms. The van der Waals surface area contributed by atoms with Gasteiger partial charge >= 0.3 is 0 Å². The minimum Gasteiger partial charge on any atom is -0.372 e. The van der Waals surface area contributed by atoms with Crippen molar-refractivity contribution in [3.05, 3.63) is 71.8 Å². The van der Waals surface area contributed by atoms with Crippen molar-refractivity contribution in [2.24, 2.45) is 0 Å². The summed E-state index contributed by atoms with van der Waals surface area (Å²) < 4.78 is 18.9. The van der Waals surface area contributed by atoms with Crippen molar-refractivity contribution in [2.75, 3.05) is 19.7 Å². The SMILES string of the molecule is C=C(c1ccc(C#Cc2cccc(F)c2)cn1)N1CCOC(C)(C)C1. The second-order valence-electron chi connectivity index (χ2n) is 6.67. The maximum atomic E-state index is 13.2. The van der Waals surface area contributed by atoms with Crippen LogP contribution in [0.3, 0.4) is 0 Å². The topological polar surface area (TPSA) is 25.4 Å². The molecular weight excluding hydrogens is 315 g/mol. The molecule has 0 unspecified atom stereocenters. The molecule has 1 aromatic carbocycles. The van der Waals surface area contributed by atoms with E-state index in [0.717, 1.165) is 30.0 Å². The van der Waals surface area contributed by atoms with Crippen LogP contribution >= 0.6 is 0 Å². The third-order valence-electron chi connectivity index (χ3n) is 4.04. The Morgan fingerprint density at radius 3 is 2.72 bits per heavy atom. The molecule has 4 heteroatoms. The van der Waals surface area contributed by atoms with E-state index in [1.54, 1.807) is 18.3 Å². The minimum absolute atomic E-state index is 0.183. The molecule has 0 spiro atoms. The number of benzene rings is 1. The number of pyridine rings is 1. The smallest absolute Gasteiger partial charge is 0.124 e. The van der Waals surface area contributed by atoms with Gasteiger partial charge in [-0.2, -0.15) is 0 Å². The molecule has 0 amide bonds. The molecular formula is C21H21FN2O. The zero-order chi connectivity index (χ0) is 17.9. The molecule has 3 nitrogen and oxygen atoms in total. The highest BCUT2D eigenvalue weighted by Gasteiger charge is 2.28. The molecule has 0 aliphatic carbocycles. The molecule has 128 valence electrons. The predicted octanol–water partition coefficient (Wildman–Crippen LogP) is 3.70. The van der Waals surface area contributed by atoms with E-state index in [1.807, 2.05) is 12.1 Å². The van der Waals surface area contributed by atoms with Gasteiger partial charge in [0.2, 0.25) is 0 Å². The zero-order valence-corrected chi connectivity index (χ0v) is 14.6. The van der Waals surface area contributed by atoms with Gasteiger partial charge in [0.25, 0.3) is 0 Å². The number of rotatable bonds is 2. The lowest BCUT2D eigenvalue weighted by atomic mass is 10.1. The van der Waals surface area contributed by atoms with Crippen molar-refractivity contribution in [3.63, 3.8) is 0 Å². The van der Waals surface area contributed by atoms with Gasteiger partial charge in [-0.25, -0.2) is 4.39 Å². The van der Waals surface area contributed by atoms with Gasteiger partial charge in [0.15, 0.2) is 0 Å². The Labute approximate surface area is 148 Å². The Kier molecular flexibility index (Phi) is 4.87. The first-order chi connectivity index (χ1) is 11.9. The van der Waals surface area contributed by atoms with Crippen LogP contribution in [0.15, 0.2) is 49.2 Å². The monoisotopic (exact) mass is 336 g/mol. The van der Waals surface area contributed by atoms with E-state index >= 15 is 0 Å². The Morgan fingerprint density at radius 1 is 1.24 bits per heavy atom. The van der Waals surface area contributed by atoms with Gasteiger partial charge in [0, 0.05) is 30.4 Å². The minimum atomic E-state index is -0.287. The maximum absolute atomic E-state index is 13.2. The molecule has 0 N–H and O–H groups in total. The average molecular weight is 336 g/mol. The summed E-state index contributed by atoms with van der Waals surface area (Å²) in [6.45, 7) is 10.6. The summed E-state index contributed by atoms with van der Waals surface area (Å²) in [5.41, 5.74) is 2.96. The number of nitrogens with zero attached hydrogens (tertiary/aromatic N) is 2. The number of hydrogen-bond donors (Lipinski definition) is 0. The second kappa shape index (κ2) is 7.08. The summed E-state index contributed by atoms with van der Waals surface area (Å²) >= 11 is 0. The van der Waals surface area contributed by atoms with Gasteiger partial charge in [-0.1, -0.05) is 24.5 Å².